The number of amidine groups is 1. The van der Waals surface area contributed by atoms with Gasteiger partial charge >= 0.3 is 0 Å². The molecule has 2 heterocycles. The van der Waals surface area contributed by atoms with E-state index >= 15 is 0 Å². The Balaban J connectivity index is 2.32. The Kier molecular flexibility index (Phi) is 3.90. The molecule has 1 fully saturated rings. The first-order chi connectivity index (χ1) is 9.09. The minimum Gasteiger partial charge on any atom is -0.409 e. The van der Waals surface area contributed by atoms with Crippen LogP contribution in [0, 0.1) is 0 Å². The highest BCUT2D eigenvalue weighted by Gasteiger charge is 2.32. The molecule has 0 aromatic carbocycles. The van der Waals surface area contributed by atoms with Crippen molar-refractivity contribution in [2.45, 2.75) is 25.4 Å². The van der Waals surface area contributed by atoms with Crippen molar-refractivity contribution in [3.05, 3.63) is 23.9 Å². The Morgan fingerprint density at radius 2 is 2.42 bits per heavy atom. The van der Waals surface area contributed by atoms with Gasteiger partial charge in [-0.1, -0.05) is 5.16 Å². The van der Waals surface area contributed by atoms with Crippen molar-refractivity contribution in [2.24, 2.45) is 10.9 Å². The molecular weight excluding hydrogens is 244 g/mol. The number of aromatic nitrogens is 1. The Morgan fingerprint density at radius 3 is 3.11 bits per heavy atom. The summed E-state index contributed by atoms with van der Waals surface area (Å²) in [7, 11) is 1.73. The number of oxime groups is 1. The number of rotatable bonds is 3. The van der Waals surface area contributed by atoms with Crippen LogP contribution in [0.4, 0.5) is 5.82 Å². The normalized spacial score (nSPS) is 24.5. The smallest absolute Gasteiger partial charge is 0.173 e. The summed E-state index contributed by atoms with van der Waals surface area (Å²) in [6.07, 6.45) is 3.75. The zero-order chi connectivity index (χ0) is 13.9. The van der Waals surface area contributed by atoms with E-state index in [0.29, 0.717) is 5.56 Å². The zero-order valence-electron chi connectivity index (χ0n) is 11.3. The first kappa shape index (κ1) is 13.6. The number of piperidine rings is 1. The molecule has 1 aromatic heterocycles. The zero-order valence-corrected chi connectivity index (χ0v) is 11.3. The molecule has 3 N–H and O–H groups in total. The summed E-state index contributed by atoms with van der Waals surface area (Å²) >= 11 is 0. The monoisotopic (exact) mass is 264 g/mol. The van der Waals surface area contributed by atoms with Gasteiger partial charge < -0.3 is 20.6 Å². The molecule has 1 aromatic rings. The second kappa shape index (κ2) is 5.44. The fraction of sp³-hybridized carbons (Fsp3) is 0.538. The van der Waals surface area contributed by atoms with E-state index in [2.05, 4.69) is 22.0 Å². The number of methoxy groups -OCH3 is 1. The average Bonchev–Trinajstić information content (AvgIpc) is 2.46. The topological polar surface area (TPSA) is 84.0 Å². The van der Waals surface area contributed by atoms with Gasteiger partial charge in [-0.05, 0) is 31.9 Å². The number of pyridine rings is 1. The molecule has 1 saturated heterocycles. The van der Waals surface area contributed by atoms with E-state index in [4.69, 9.17) is 15.7 Å². The van der Waals surface area contributed by atoms with Gasteiger partial charge in [-0.3, -0.25) is 0 Å². The predicted molar refractivity (Wildman–Crippen MR) is 73.6 cm³/mol. The molecule has 0 saturated carbocycles. The molecule has 0 radical (unpaired) electrons. The summed E-state index contributed by atoms with van der Waals surface area (Å²) in [6.45, 7) is 3.72. The standard InChI is InChI=1S/C13H20N4O2/c1-13(19-2)6-4-8-17(9-13)12-10(11(14)16-18)5-3-7-15-12/h3,5,7,18H,4,6,8-9H2,1-2H3,(H2,14,16). The van der Waals surface area contributed by atoms with Gasteiger partial charge in [0.1, 0.15) is 5.82 Å². The summed E-state index contributed by atoms with van der Waals surface area (Å²) in [6, 6.07) is 3.58. The molecule has 1 unspecified atom stereocenters. The van der Waals surface area contributed by atoms with Gasteiger partial charge in [-0.2, -0.15) is 0 Å². The van der Waals surface area contributed by atoms with Gasteiger partial charge in [-0.15, -0.1) is 0 Å². The van der Waals surface area contributed by atoms with Crippen LogP contribution in [0.25, 0.3) is 0 Å². The Hall–Kier alpha value is -1.82. The maximum atomic E-state index is 8.85. The van der Waals surface area contributed by atoms with Crippen molar-refractivity contribution in [1.82, 2.24) is 4.98 Å². The molecule has 19 heavy (non-hydrogen) atoms. The molecule has 104 valence electrons. The van der Waals surface area contributed by atoms with Crippen LogP contribution >= 0.6 is 0 Å². The van der Waals surface area contributed by atoms with E-state index in [1.165, 1.54) is 0 Å². The third kappa shape index (κ3) is 2.78. The Labute approximate surface area is 112 Å². The van der Waals surface area contributed by atoms with E-state index in [9.17, 15) is 0 Å². The van der Waals surface area contributed by atoms with Crippen LogP contribution in [-0.4, -0.2) is 41.8 Å². The van der Waals surface area contributed by atoms with E-state index in [1.54, 1.807) is 25.4 Å². The maximum absolute atomic E-state index is 8.85. The molecule has 1 aliphatic heterocycles. The van der Waals surface area contributed by atoms with Crippen LogP contribution in [-0.2, 0) is 4.74 Å². The number of nitrogens with two attached hydrogens (primary N) is 1. The summed E-state index contributed by atoms with van der Waals surface area (Å²) < 4.78 is 5.58. The number of hydrogen-bond donors (Lipinski definition) is 2. The van der Waals surface area contributed by atoms with Crippen molar-refractivity contribution in [3.63, 3.8) is 0 Å². The van der Waals surface area contributed by atoms with Crippen molar-refractivity contribution < 1.29 is 9.94 Å². The molecule has 1 atom stereocenters. The minimum absolute atomic E-state index is 0.0767. The lowest BCUT2D eigenvalue weighted by Crippen LogP contribution is -2.48. The Bertz CT molecular complexity index is 477. The lowest BCUT2D eigenvalue weighted by atomic mass is 9.94. The number of nitrogens with zero attached hydrogens (tertiary/aromatic N) is 3. The summed E-state index contributed by atoms with van der Waals surface area (Å²) in [5.41, 5.74) is 6.17. The summed E-state index contributed by atoms with van der Waals surface area (Å²) in [5, 5.41) is 11.9. The second-order valence-electron chi connectivity index (χ2n) is 5.04. The molecule has 0 aliphatic carbocycles. The molecule has 6 nitrogen and oxygen atoms in total. The molecule has 0 bridgehead atoms. The number of anilines is 1. The molecule has 2 rings (SSSR count). The molecule has 0 amide bonds. The minimum atomic E-state index is -0.182. The van der Waals surface area contributed by atoms with Crippen molar-refractivity contribution in [3.8, 4) is 0 Å². The third-order valence-corrected chi connectivity index (χ3v) is 3.62. The highest BCUT2D eigenvalue weighted by Crippen LogP contribution is 2.28. The lowest BCUT2D eigenvalue weighted by molar-refractivity contribution is -0.00482. The number of ether oxygens (including phenoxy) is 1. The summed E-state index contributed by atoms with van der Waals surface area (Å²) in [5.74, 6) is 0.813. The van der Waals surface area contributed by atoms with Gasteiger partial charge in [-0.25, -0.2) is 4.98 Å². The lowest BCUT2D eigenvalue weighted by Gasteiger charge is -2.40. The predicted octanol–water partition coefficient (Wildman–Crippen LogP) is 1.18. The first-order valence-corrected chi connectivity index (χ1v) is 6.32. The molecule has 6 heteroatoms. The second-order valence-corrected chi connectivity index (χ2v) is 5.04. The van der Waals surface area contributed by atoms with Crippen LogP contribution in [0.1, 0.15) is 25.3 Å². The van der Waals surface area contributed by atoms with Crippen LogP contribution in [0.5, 0.6) is 0 Å². The van der Waals surface area contributed by atoms with Crippen molar-refractivity contribution in [2.75, 3.05) is 25.1 Å². The Morgan fingerprint density at radius 1 is 1.63 bits per heavy atom. The van der Waals surface area contributed by atoms with Crippen molar-refractivity contribution >= 4 is 11.7 Å². The maximum Gasteiger partial charge on any atom is 0.173 e. The van der Waals surface area contributed by atoms with Gasteiger partial charge in [0, 0.05) is 26.4 Å². The van der Waals surface area contributed by atoms with Crippen LogP contribution in [0.2, 0.25) is 0 Å². The quantitative estimate of drug-likeness (QED) is 0.371. The highest BCUT2D eigenvalue weighted by atomic mass is 16.5. The highest BCUT2D eigenvalue weighted by molar-refractivity contribution is 6.01. The van der Waals surface area contributed by atoms with Crippen LogP contribution in [0.3, 0.4) is 0 Å². The molecular formula is C13H20N4O2. The largest absolute Gasteiger partial charge is 0.409 e. The van der Waals surface area contributed by atoms with Crippen molar-refractivity contribution in [1.29, 1.82) is 0 Å². The van der Waals surface area contributed by atoms with Gasteiger partial charge in [0.15, 0.2) is 5.84 Å². The van der Waals surface area contributed by atoms with E-state index in [-0.39, 0.29) is 11.4 Å². The van der Waals surface area contributed by atoms with Gasteiger partial charge in [0.05, 0.1) is 11.2 Å². The van der Waals surface area contributed by atoms with Gasteiger partial charge in [0.25, 0.3) is 0 Å². The molecule has 1 aliphatic rings. The van der Waals surface area contributed by atoms with E-state index in [0.717, 1.165) is 31.7 Å². The average molecular weight is 264 g/mol. The van der Waals surface area contributed by atoms with E-state index < -0.39 is 0 Å². The molecule has 0 spiro atoms. The van der Waals surface area contributed by atoms with Crippen LogP contribution < -0.4 is 10.6 Å². The summed E-state index contributed by atoms with van der Waals surface area (Å²) in [4.78, 5) is 6.50. The fourth-order valence-corrected chi connectivity index (χ4v) is 2.46. The van der Waals surface area contributed by atoms with E-state index in [1.807, 2.05) is 0 Å². The fourth-order valence-electron chi connectivity index (χ4n) is 2.46. The van der Waals surface area contributed by atoms with Crippen LogP contribution in [0.15, 0.2) is 23.5 Å². The van der Waals surface area contributed by atoms with Gasteiger partial charge in [0.2, 0.25) is 0 Å². The third-order valence-electron chi connectivity index (χ3n) is 3.62. The SMILES string of the molecule is COC1(C)CCCN(c2ncccc2/C(N)=N/O)C1. The first-order valence-electron chi connectivity index (χ1n) is 6.32. The number of hydrogen-bond acceptors (Lipinski definition) is 5.